The third kappa shape index (κ3) is 2.39. The van der Waals surface area contributed by atoms with Crippen LogP contribution in [0, 0.1) is 5.82 Å². The van der Waals surface area contributed by atoms with E-state index in [1.807, 2.05) is 4.90 Å². The summed E-state index contributed by atoms with van der Waals surface area (Å²) in [6, 6.07) is 4.59. The maximum absolute atomic E-state index is 13.7. The van der Waals surface area contributed by atoms with Gasteiger partial charge in [0, 0.05) is 12.1 Å². The Hall–Kier alpha value is -1.40. The Labute approximate surface area is 110 Å². The van der Waals surface area contributed by atoms with Crippen molar-refractivity contribution in [1.29, 1.82) is 0 Å². The summed E-state index contributed by atoms with van der Waals surface area (Å²) in [6.45, 7) is 1.57. The lowest BCUT2D eigenvalue weighted by atomic mass is 10.0. The summed E-state index contributed by atoms with van der Waals surface area (Å²) in [5.41, 5.74) is 6.39. The second-order valence-electron chi connectivity index (χ2n) is 3.98. The summed E-state index contributed by atoms with van der Waals surface area (Å²) in [4.78, 5) is 1.83. The highest BCUT2D eigenvalue weighted by Crippen LogP contribution is 2.33. The SMILES string of the molecule is COc1c(F)cccc1C1COCCN1C(N)=S. The van der Waals surface area contributed by atoms with Gasteiger partial charge in [-0.2, -0.15) is 0 Å². The normalized spacial score (nSPS) is 19.7. The third-order valence-corrected chi connectivity index (χ3v) is 3.21. The second-order valence-corrected chi connectivity index (χ2v) is 4.40. The molecule has 6 heteroatoms. The van der Waals surface area contributed by atoms with E-state index in [4.69, 9.17) is 27.4 Å². The Bertz CT molecular complexity index is 456. The highest BCUT2D eigenvalue weighted by atomic mass is 32.1. The van der Waals surface area contributed by atoms with Gasteiger partial charge in [-0.1, -0.05) is 12.1 Å². The summed E-state index contributed by atoms with van der Waals surface area (Å²) >= 11 is 5.02. The molecule has 18 heavy (non-hydrogen) atoms. The van der Waals surface area contributed by atoms with Gasteiger partial charge in [0.2, 0.25) is 0 Å². The molecule has 0 aromatic heterocycles. The van der Waals surface area contributed by atoms with Crippen LogP contribution in [-0.2, 0) is 4.74 Å². The van der Waals surface area contributed by atoms with Crippen LogP contribution in [0.25, 0.3) is 0 Å². The van der Waals surface area contributed by atoms with Crippen LogP contribution in [0.5, 0.6) is 5.75 Å². The molecule has 1 aromatic carbocycles. The quantitative estimate of drug-likeness (QED) is 0.824. The van der Waals surface area contributed by atoms with E-state index in [1.165, 1.54) is 13.2 Å². The molecule has 0 spiro atoms. The van der Waals surface area contributed by atoms with E-state index in [2.05, 4.69) is 0 Å². The molecule has 98 valence electrons. The Morgan fingerprint density at radius 1 is 1.61 bits per heavy atom. The fourth-order valence-corrected chi connectivity index (χ4v) is 2.35. The molecule has 0 bridgehead atoms. The number of hydrogen-bond donors (Lipinski definition) is 1. The van der Waals surface area contributed by atoms with Crippen LogP contribution in [0.2, 0.25) is 0 Å². The van der Waals surface area contributed by atoms with Crippen molar-refractivity contribution in [2.24, 2.45) is 5.73 Å². The molecule has 1 aromatic rings. The fourth-order valence-electron chi connectivity index (χ4n) is 2.13. The molecular formula is C12H15FN2O2S. The number of halogens is 1. The lowest BCUT2D eigenvalue weighted by Crippen LogP contribution is -2.46. The first-order valence-electron chi connectivity index (χ1n) is 5.61. The minimum absolute atomic E-state index is 0.207. The van der Waals surface area contributed by atoms with Gasteiger partial charge in [0.05, 0.1) is 26.4 Å². The first kappa shape index (κ1) is 13.0. The van der Waals surface area contributed by atoms with Gasteiger partial charge in [-0.05, 0) is 18.3 Å². The predicted molar refractivity (Wildman–Crippen MR) is 70.0 cm³/mol. The third-order valence-electron chi connectivity index (χ3n) is 2.97. The summed E-state index contributed by atoms with van der Waals surface area (Å²) in [5, 5.41) is 0.287. The molecule has 1 heterocycles. The van der Waals surface area contributed by atoms with E-state index in [1.54, 1.807) is 12.1 Å². The number of methoxy groups -OCH3 is 1. The van der Waals surface area contributed by atoms with E-state index in [-0.39, 0.29) is 16.9 Å². The van der Waals surface area contributed by atoms with Gasteiger partial charge >= 0.3 is 0 Å². The van der Waals surface area contributed by atoms with Gasteiger partial charge in [-0.3, -0.25) is 0 Å². The molecule has 1 saturated heterocycles. The monoisotopic (exact) mass is 270 g/mol. The largest absolute Gasteiger partial charge is 0.493 e. The highest BCUT2D eigenvalue weighted by Gasteiger charge is 2.28. The zero-order chi connectivity index (χ0) is 13.1. The molecule has 1 aliphatic rings. The number of nitrogens with zero attached hydrogens (tertiary/aromatic N) is 1. The average molecular weight is 270 g/mol. The number of hydrogen-bond acceptors (Lipinski definition) is 3. The summed E-state index contributed by atoms with van der Waals surface area (Å²) in [7, 11) is 1.44. The first-order valence-corrected chi connectivity index (χ1v) is 6.02. The van der Waals surface area contributed by atoms with Crippen LogP contribution in [0.1, 0.15) is 11.6 Å². The zero-order valence-electron chi connectivity index (χ0n) is 10.1. The Balaban J connectivity index is 2.39. The molecule has 2 N–H and O–H groups in total. The maximum Gasteiger partial charge on any atom is 0.166 e. The molecule has 4 nitrogen and oxygen atoms in total. The molecule has 0 amide bonds. The van der Waals surface area contributed by atoms with Crippen molar-refractivity contribution in [3.8, 4) is 5.75 Å². The molecule has 0 aliphatic carbocycles. The Morgan fingerprint density at radius 3 is 3.06 bits per heavy atom. The van der Waals surface area contributed by atoms with E-state index in [0.717, 1.165) is 0 Å². The Morgan fingerprint density at radius 2 is 2.39 bits per heavy atom. The standard InChI is InChI=1S/C12H15FN2O2S/c1-16-11-8(3-2-4-9(11)13)10-7-17-6-5-15(10)12(14)18/h2-4,10H,5-7H2,1H3,(H2,14,18). The summed E-state index contributed by atoms with van der Waals surface area (Å²) in [6.07, 6.45) is 0. The van der Waals surface area contributed by atoms with Gasteiger partial charge in [-0.15, -0.1) is 0 Å². The van der Waals surface area contributed by atoms with Gasteiger partial charge in [0.25, 0.3) is 0 Å². The van der Waals surface area contributed by atoms with Crippen molar-refractivity contribution < 1.29 is 13.9 Å². The van der Waals surface area contributed by atoms with Crippen molar-refractivity contribution in [2.75, 3.05) is 26.9 Å². The van der Waals surface area contributed by atoms with E-state index < -0.39 is 5.82 Å². The number of nitrogens with two attached hydrogens (primary N) is 1. The number of morpholine rings is 1. The topological polar surface area (TPSA) is 47.7 Å². The fraction of sp³-hybridized carbons (Fsp3) is 0.417. The lowest BCUT2D eigenvalue weighted by Gasteiger charge is -2.36. The number of rotatable bonds is 2. The molecule has 1 fully saturated rings. The molecule has 1 unspecified atom stereocenters. The van der Waals surface area contributed by atoms with Gasteiger partial charge < -0.3 is 20.1 Å². The summed E-state index contributed by atoms with van der Waals surface area (Å²) < 4.78 is 24.2. The van der Waals surface area contributed by atoms with Gasteiger partial charge in [0.15, 0.2) is 16.7 Å². The van der Waals surface area contributed by atoms with Gasteiger partial charge in [0.1, 0.15) is 0 Å². The minimum atomic E-state index is -0.400. The van der Waals surface area contributed by atoms with E-state index in [9.17, 15) is 4.39 Å². The number of ether oxygens (including phenoxy) is 2. The van der Waals surface area contributed by atoms with E-state index >= 15 is 0 Å². The minimum Gasteiger partial charge on any atom is -0.493 e. The smallest absolute Gasteiger partial charge is 0.166 e. The second kappa shape index (κ2) is 5.49. The number of benzene rings is 1. The summed E-state index contributed by atoms with van der Waals surface area (Å²) in [5.74, 6) is -0.183. The predicted octanol–water partition coefficient (Wildman–Crippen LogP) is 1.45. The van der Waals surface area contributed by atoms with Crippen LogP contribution in [0.15, 0.2) is 18.2 Å². The average Bonchev–Trinajstić information content (AvgIpc) is 2.38. The zero-order valence-corrected chi connectivity index (χ0v) is 10.9. The van der Waals surface area contributed by atoms with Crippen LogP contribution < -0.4 is 10.5 Å². The van der Waals surface area contributed by atoms with Crippen molar-refractivity contribution in [3.63, 3.8) is 0 Å². The highest BCUT2D eigenvalue weighted by molar-refractivity contribution is 7.80. The Kier molecular flexibility index (Phi) is 3.98. The van der Waals surface area contributed by atoms with Crippen molar-refractivity contribution in [3.05, 3.63) is 29.6 Å². The van der Waals surface area contributed by atoms with Crippen molar-refractivity contribution in [1.82, 2.24) is 4.90 Å². The maximum atomic E-state index is 13.7. The van der Waals surface area contributed by atoms with Gasteiger partial charge in [-0.25, -0.2) is 4.39 Å². The van der Waals surface area contributed by atoms with Crippen molar-refractivity contribution >= 4 is 17.3 Å². The van der Waals surface area contributed by atoms with Crippen LogP contribution in [0.4, 0.5) is 4.39 Å². The van der Waals surface area contributed by atoms with Crippen LogP contribution >= 0.6 is 12.2 Å². The number of thiocarbonyl (C=S) groups is 1. The molecule has 0 saturated carbocycles. The molecule has 1 aliphatic heterocycles. The van der Waals surface area contributed by atoms with Crippen LogP contribution in [-0.4, -0.2) is 36.9 Å². The van der Waals surface area contributed by atoms with Crippen molar-refractivity contribution in [2.45, 2.75) is 6.04 Å². The van der Waals surface area contributed by atoms with E-state index in [0.29, 0.717) is 25.3 Å². The molecule has 2 rings (SSSR count). The first-order chi connectivity index (χ1) is 8.65. The lowest BCUT2D eigenvalue weighted by molar-refractivity contribution is 0.0254. The molecular weight excluding hydrogens is 255 g/mol. The molecule has 1 atom stereocenters. The molecule has 0 radical (unpaired) electrons. The number of para-hydroxylation sites is 1. The van der Waals surface area contributed by atoms with Crippen LogP contribution in [0.3, 0.4) is 0 Å².